The minimum absolute atomic E-state index is 0.172. The number of nitrogens with zero attached hydrogens (tertiary/aromatic N) is 4. The average Bonchev–Trinajstić information content (AvgIpc) is 2.52. The molecule has 0 amide bonds. The van der Waals surface area contributed by atoms with Gasteiger partial charge in [-0.1, -0.05) is 24.5 Å². The van der Waals surface area contributed by atoms with Crippen molar-refractivity contribution in [2.45, 2.75) is 31.6 Å². The molecule has 0 bridgehead atoms. The summed E-state index contributed by atoms with van der Waals surface area (Å²) in [5.41, 5.74) is -1.39. The number of rotatable bonds is 9. The van der Waals surface area contributed by atoms with E-state index in [-0.39, 0.29) is 5.69 Å². The van der Waals surface area contributed by atoms with E-state index < -0.39 is 46.8 Å². The van der Waals surface area contributed by atoms with Crippen LogP contribution >= 0.6 is 0 Å². The largest absolute Gasteiger partial charge is 0.360 e. The fourth-order valence-electron chi connectivity index (χ4n) is 2.44. The third-order valence-electron chi connectivity index (χ3n) is 3.28. The highest BCUT2D eigenvalue weighted by molar-refractivity contribution is 7.99. The van der Waals surface area contributed by atoms with Crippen molar-refractivity contribution >= 4 is 37.8 Å². The van der Waals surface area contributed by atoms with Gasteiger partial charge in [0.05, 0.1) is 9.85 Å². The average molecular weight is 406 g/mol. The van der Waals surface area contributed by atoms with E-state index in [0.717, 1.165) is 12.1 Å². The molecule has 0 aliphatic rings. The van der Waals surface area contributed by atoms with Crippen LogP contribution in [0.2, 0.25) is 0 Å². The van der Waals surface area contributed by atoms with Gasteiger partial charge in [-0.25, -0.2) is 0 Å². The first-order valence-electron chi connectivity index (χ1n) is 7.82. The quantitative estimate of drug-likeness (QED) is 0.454. The van der Waals surface area contributed by atoms with Gasteiger partial charge in [-0.15, -0.1) is 3.77 Å². The van der Waals surface area contributed by atoms with E-state index in [2.05, 4.69) is 3.77 Å². The molecule has 0 aliphatic carbocycles. The third-order valence-corrected chi connectivity index (χ3v) is 6.09. The van der Waals surface area contributed by atoms with Crippen LogP contribution in [0.5, 0.6) is 0 Å². The number of hydrogen-bond acceptors (Lipinski definition) is 7. The van der Waals surface area contributed by atoms with Crippen LogP contribution in [0.1, 0.15) is 26.7 Å². The van der Waals surface area contributed by atoms with Crippen LogP contribution in [-0.2, 0) is 20.7 Å². The normalized spacial score (nSPS) is 11.4. The summed E-state index contributed by atoms with van der Waals surface area (Å²) in [6.07, 6.45) is 4.36. The summed E-state index contributed by atoms with van der Waals surface area (Å²) in [7, 11) is -5.08. The Hall–Kier alpha value is -2.08. The molecular weight excluding hydrogens is 384 g/mol. The van der Waals surface area contributed by atoms with Crippen LogP contribution in [-0.4, -0.2) is 43.9 Å². The summed E-state index contributed by atoms with van der Waals surface area (Å²) in [4.78, 5) is 22.5. The van der Waals surface area contributed by atoms with Gasteiger partial charge in [0.25, 0.3) is 10.0 Å². The first-order valence-corrected chi connectivity index (χ1v) is 11.3. The molecule has 0 fully saturated rings. The zero-order valence-corrected chi connectivity index (χ0v) is 16.7. The van der Waals surface area contributed by atoms with Gasteiger partial charge < -0.3 is 4.90 Å². The third kappa shape index (κ3) is 5.21. The van der Waals surface area contributed by atoms with E-state index in [0.29, 0.717) is 25.9 Å². The number of anilines is 1. The molecule has 10 nitrogen and oxygen atoms in total. The smallest absolute Gasteiger partial charge is 0.301 e. The molecule has 0 radical (unpaired) electrons. The molecule has 0 heterocycles. The lowest BCUT2D eigenvalue weighted by molar-refractivity contribution is -0.393. The van der Waals surface area contributed by atoms with Gasteiger partial charge in [0.1, 0.15) is 4.90 Å². The van der Waals surface area contributed by atoms with Gasteiger partial charge in [-0.3, -0.25) is 20.2 Å². The minimum atomic E-state index is -4.23. The molecule has 0 saturated carbocycles. The Morgan fingerprint density at radius 2 is 1.46 bits per heavy atom. The molecule has 26 heavy (non-hydrogen) atoms. The van der Waals surface area contributed by atoms with Crippen molar-refractivity contribution < 1.29 is 18.3 Å². The Kier molecular flexibility index (Phi) is 7.63. The molecule has 0 N–H and O–H groups in total. The number of sulfonamides is 1. The lowest BCUT2D eigenvalue weighted by atomic mass is 10.2. The lowest BCUT2D eigenvalue weighted by Gasteiger charge is -2.23. The van der Waals surface area contributed by atoms with Crippen molar-refractivity contribution in [2.75, 3.05) is 30.5 Å². The summed E-state index contributed by atoms with van der Waals surface area (Å²) in [5, 5.41) is 23.1. The van der Waals surface area contributed by atoms with Gasteiger partial charge >= 0.3 is 11.4 Å². The van der Waals surface area contributed by atoms with Crippen molar-refractivity contribution in [3.63, 3.8) is 0 Å². The topological polar surface area (TPSA) is 136 Å². The highest BCUT2D eigenvalue weighted by atomic mass is 32.3. The zero-order valence-electron chi connectivity index (χ0n) is 15.0. The second-order valence-corrected chi connectivity index (χ2v) is 9.20. The molecule has 146 valence electrons. The zero-order chi connectivity index (χ0) is 20.1. The summed E-state index contributed by atoms with van der Waals surface area (Å²) < 4.78 is 28.2. The molecule has 1 aromatic rings. The summed E-state index contributed by atoms with van der Waals surface area (Å²) in [6, 6.07) is 1.71. The molecule has 0 aromatic heterocycles. The van der Waals surface area contributed by atoms with E-state index in [1.54, 1.807) is 17.4 Å². The molecule has 0 atom stereocenters. The van der Waals surface area contributed by atoms with E-state index in [1.807, 2.05) is 13.8 Å². The van der Waals surface area contributed by atoms with Crippen molar-refractivity contribution in [1.29, 1.82) is 0 Å². The van der Waals surface area contributed by atoms with E-state index in [1.165, 1.54) is 0 Å². The van der Waals surface area contributed by atoms with Crippen molar-refractivity contribution in [3.8, 4) is 0 Å². The summed E-state index contributed by atoms with van der Waals surface area (Å²) in [6.45, 7) is 4.45. The van der Waals surface area contributed by atoms with Crippen LogP contribution in [0.4, 0.5) is 17.1 Å². The van der Waals surface area contributed by atoms with Crippen LogP contribution in [0.25, 0.3) is 0 Å². The molecule has 1 aromatic carbocycles. The standard InChI is InChI=1S/C14H22N4O6S2/c1-5-7-16(8-6-2)14-12(17(19)20)9-11(10-13(14)18(21)22)26(23,24)15-25(3)4/h9-10H,5-8H2,1-4H3. The highest BCUT2D eigenvalue weighted by Gasteiger charge is 2.33. The molecule has 0 aliphatic heterocycles. The van der Waals surface area contributed by atoms with Crippen molar-refractivity contribution in [3.05, 3.63) is 32.4 Å². The SMILES string of the molecule is CCCN(CCC)c1c([N+](=O)[O-])cc(S(=O)(=O)N=S(C)C)cc1[N+](=O)[O-]. The molecule has 12 heteroatoms. The highest BCUT2D eigenvalue weighted by Crippen LogP contribution is 2.40. The van der Waals surface area contributed by atoms with Gasteiger partial charge in [-0.2, -0.15) is 8.42 Å². The van der Waals surface area contributed by atoms with Crippen molar-refractivity contribution in [1.82, 2.24) is 0 Å². The molecular formula is C14H22N4O6S2. The van der Waals surface area contributed by atoms with Gasteiger partial charge in [0.2, 0.25) is 0 Å². The van der Waals surface area contributed by atoms with Gasteiger partial charge in [0.15, 0.2) is 5.69 Å². The Balaban J connectivity index is 3.84. The summed E-state index contributed by atoms with van der Waals surface area (Å²) >= 11 is 0. The van der Waals surface area contributed by atoms with Gasteiger partial charge in [0, 0.05) is 25.2 Å². The Morgan fingerprint density at radius 1 is 1.04 bits per heavy atom. The fourth-order valence-corrected chi connectivity index (χ4v) is 4.88. The molecule has 0 unspecified atom stereocenters. The molecule has 0 saturated heterocycles. The fraction of sp³-hybridized carbons (Fsp3) is 0.571. The Morgan fingerprint density at radius 3 is 1.77 bits per heavy atom. The predicted octanol–water partition coefficient (Wildman–Crippen LogP) is 2.88. The number of nitro benzene ring substituents is 2. The van der Waals surface area contributed by atoms with Crippen LogP contribution < -0.4 is 4.90 Å². The van der Waals surface area contributed by atoms with Crippen LogP contribution in [0.3, 0.4) is 0 Å². The van der Waals surface area contributed by atoms with Crippen LogP contribution in [0.15, 0.2) is 20.8 Å². The van der Waals surface area contributed by atoms with Crippen LogP contribution in [0, 0.1) is 20.2 Å². The first-order chi connectivity index (χ1) is 12.0. The van der Waals surface area contributed by atoms with E-state index in [9.17, 15) is 28.6 Å². The second kappa shape index (κ2) is 9.03. The lowest BCUT2D eigenvalue weighted by Crippen LogP contribution is -2.26. The van der Waals surface area contributed by atoms with E-state index >= 15 is 0 Å². The number of hydrogen-bond donors (Lipinski definition) is 0. The first kappa shape index (κ1) is 22.0. The monoisotopic (exact) mass is 406 g/mol. The molecule has 0 spiro atoms. The Labute approximate surface area is 154 Å². The number of benzene rings is 1. The maximum Gasteiger partial charge on any atom is 0.301 e. The minimum Gasteiger partial charge on any atom is -0.360 e. The Bertz CT molecular complexity index is 793. The van der Waals surface area contributed by atoms with Crippen molar-refractivity contribution in [2.24, 2.45) is 3.77 Å². The maximum atomic E-state index is 12.3. The predicted molar refractivity (Wildman–Crippen MR) is 101 cm³/mol. The summed E-state index contributed by atoms with van der Waals surface area (Å²) in [5.74, 6) is 0. The number of nitro groups is 2. The van der Waals surface area contributed by atoms with Gasteiger partial charge in [-0.05, 0) is 25.4 Å². The second-order valence-electron chi connectivity index (χ2n) is 5.63. The molecule has 1 rings (SSSR count). The maximum absolute atomic E-state index is 12.3. The van der Waals surface area contributed by atoms with E-state index in [4.69, 9.17) is 0 Å².